The molecule has 0 saturated carbocycles. The van der Waals surface area contributed by atoms with Crippen molar-refractivity contribution in [1.82, 2.24) is 10.0 Å². The molecule has 0 spiro atoms. The first-order chi connectivity index (χ1) is 8.83. The molecule has 2 rings (SSSR count). The third-order valence-corrected chi connectivity index (χ3v) is 7.73. The van der Waals surface area contributed by atoms with Gasteiger partial charge in [-0.3, -0.25) is 0 Å². The quantitative estimate of drug-likeness (QED) is 0.812. The fourth-order valence-corrected chi connectivity index (χ4v) is 5.78. The molecule has 0 aromatic carbocycles. The SMILES string of the molecule is CC1(C)CCCNC1CNS(=O)(=O)c1sccc1Br.Cl. The fraction of sp³-hybridized carbons (Fsp3) is 0.667. The van der Waals surface area contributed by atoms with Gasteiger partial charge in [-0.05, 0) is 52.2 Å². The van der Waals surface area contributed by atoms with Crippen LogP contribution >= 0.6 is 39.7 Å². The number of piperidine rings is 1. The Morgan fingerprint density at radius 1 is 1.55 bits per heavy atom. The topological polar surface area (TPSA) is 58.2 Å². The summed E-state index contributed by atoms with van der Waals surface area (Å²) in [6, 6.07) is 1.93. The van der Waals surface area contributed by atoms with E-state index in [-0.39, 0.29) is 23.9 Å². The van der Waals surface area contributed by atoms with Crippen molar-refractivity contribution in [3.63, 3.8) is 0 Å². The fourth-order valence-electron chi connectivity index (χ4n) is 2.35. The van der Waals surface area contributed by atoms with E-state index in [9.17, 15) is 8.42 Å². The summed E-state index contributed by atoms with van der Waals surface area (Å²) in [7, 11) is -3.42. The standard InChI is InChI=1S/C12H19BrN2O2S2.ClH/c1-12(2)5-3-6-14-10(12)8-15-19(16,17)11-9(13)4-7-18-11;/h4,7,10,14-15H,3,5-6,8H2,1-2H3;1H. The second kappa shape index (κ2) is 7.07. The summed E-state index contributed by atoms with van der Waals surface area (Å²) in [5.74, 6) is 0. The largest absolute Gasteiger partial charge is 0.312 e. The van der Waals surface area contributed by atoms with Crippen molar-refractivity contribution in [2.45, 2.75) is 36.9 Å². The van der Waals surface area contributed by atoms with E-state index in [0.717, 1.165) is 19.4 Å². The molecule has 1 aromatic rings. The maximum absolute atomic E-state index is 12.2. The van der Waals surface area contributed by atoms with Crippen LogP contribution in [0.2, 0.25) is 0 Å². The highest BCUT2D eigenvalue weighted by molar-refractivity contribution is 9.10. The minimum absolute atomic E-state index is 0. The number of hydrogen-bond donors (Lipinski definition) is 2. The van der Waals surface area contributed by atoms with Crippen LogP contribution in [0.3, 0.4) is 0 Å². The highest BCUT2D eigenvalue weighted by atomic mass is 79.9. The van der Waals surface area contributed by atoms with Crippen LogP contribution in [0.15, 0.2) is 20.1 Å². The van der Waals surface area contributed by atoms with E-state index in [2.05, 4.69) is 39.8 Å². The number of rotatable bonds is 4. The van der Waals surface area contributed by atoms with E-state index in [1.54, 1.807) is 11.4 Å². The molecule has 2 heterocycles. The molecule has 1 aromatic heterocycles. The van der Waals surface area contributed by atoms with E-state index in [1.165, 1.54) is 11.3 Å². The molecule has 0 radical (unpaired) electrons. The van der Waals surface area contributed by atoms with Crippen LogP contribution in [0.25, 0.3) is 0 Å². The average molecular weight is 404 g/mol. The van der Waals surface area contributed by atoms with E-state index in [4.69, 9.17) is 0 Å². The second-order valence-electron chi connectivity index (χ2n) is 5.51. The van der Waals surface area contributed by atoms with Crippen molar-refractivity contribution in [2.75, 3.05) is 13.1 Å². The molecule has 2 N–H and O–H groups in total. The van der Waals surface area contributed by atoms with Crippen molar-refractivity contribution in [2.24, 2.45) is 5.41 Å². The number of sulfonamides is 1. The van der Waals surface area contributed by atoms with Gasteiger partial charge in [-0.15, -0.1) is 23.7 Å². The van der Waals surface area contributed by atoms with E-state index >= 15 is 0 Å². The molecule has 0 aliphatic carbocycles. The van der Waals surface area contributed by atoms with Gasteiger partial charge < -0.3 is 5.32 Å². The van der Waals surface area contributed by atoms with E-state index in [0.29, 0.717) is 15.2 Å². The van der Waals surface area contributed by atoms with Gasteiger partial charge in [0.25, 0.3) is 10.0 Å². The predicted octanol–water partition coefficient (Wildman–Crippen LogP) is 2.99. The van der Waals surface area contributed by atoms with Crippen molar-refractivity contribution in [1.29, 1.82) is 0 Å². The molecule has 4 nitrogen and oxygen atoms in total. The molecule has 1 unspecified atom stereocenters. The predicted molar refractivity (Wildman–Crippen MR) is 89.3 cm³/mol. The lowest BCUT2D eigenvalue weighted by molar-refractivity contribution is 0.182. The molecule has 20 heavy (non-hydrogen) atoms. The lowest BCUT2D eigenvalue weighted by Crippen LogP contribution is -2.52. The van der Waals surface area contributed by atoms with Crippen molar-refractivity contribution >= 4 is 49.7 Å². The molecule has 0 amide bonds. The van der Waals surface area contributed by atoms with Crippen LogP contribution in [0, 0.1) is 5.41 Å². The third-order valence-electron chi connectivity index (χ3n) is 3.64. The van der Waals surface area contributed by atoms with Crippen molar-refractivity contribution in [3.05, 3.63) is 15.9 Å². The molecule has 0 bridgehead atoms. The van der Waals surface area contributed by atoms with Gasteiger partial charge in [-0.1, -0.05) is 13.8 Å². The van der Waals surface area contributed by atoms with Gasteiger partial charge >= 0.3 is 0 Å². The minimum Gasteiger partial charge on any atom is -0.312 e. The Morgan fingerprint density at radius 3 is 2.80 bits per heavy atom. The van der Waals surface area contributed by atoms with Crippen molar-refractivity contribution in [3.8, 4) is 0 Å². The highest BCUT2D eigenvalue weighted by Crippen LogP contribution is 2.31. The molecule has 1 fully saturated rings. The van der Waals surface area contributed by atoms with Crippen LogP contribution in [-0.2, 0) is 10.0 Å². The molecular formula is C12H20BrClN2O2S2. The Kier molecular flexibility index (Phi) is 6.50. The first-order valence-corrected chi connectivity index (χ1v) is 9.44. The average Bonchev–Trinajstić information content (AvgIpc) is 2.74. The lowest BCUT2D eigenvalue weighted by Gasteiger charge is -2.39. The van der Waals surface area contributed by atoms with Crippen LogP contribution in [-0.4, -0.2) is 27.5 Å². The first-order valence-electron chi connectivity index (χ1n) is 6.29. The van der Waals surface area contributed by atoms with Crippen LogP contribution in [0.5, 0.6) is 0 Å². The Labute approximate surface area is 139 Å². The number of halogens is 2. The normalized spacial score (nSPS) is 22.2. The molecule has 1 atom stereocenters. The van der Waals surface area contributed by atoms with E-state index in [1.807, 2.05) is 0 Å². The molecule has 116 valence electrons. The number of hydrogen-bond acceptors (Lipinski definition) is 4. The van der Waals surface area contributed by atoms with Gasteiger partial charge in [0.05, 0.1) is 0 Å². The zero-order valence-electron chi connectivity index (χ0n) is 11.5. The Balaban J connectivity index is 0.00000200. The van der Waals surface area contributed by atoms with Gasteiger partial charge in [0.15, 0.2) is 0 Å². The lowest BCUT2D eigenvalue weighted by atomic mass is 9.78. The third kappa shape index (κ3) is 4.18. The summed E-state index contributed by atoms with van der Waals surface area (Å²) >= 11 is 4.49. The first kappa shape index (κ1) is 18.4. The van der Waals surface area contributed by atoms with Crippen molar-refractivity contribution < 1.29 is 8.42 Å². The molecule has 8 heteroatoms. The van der Waals surface area contributed by atoms with Crippen LogP contribution < -0.4 is 10.0 Å². The Morgan fingerprint density at radius 2 is 2.25 bits per heavy atom. The van der Waals surface area contributed by atoms with Gasteiger partial charge in [-0.25, -0.2) is 13.1 Å². The van der Waals surface area contributed by atoms with Crippen LogP contribution in [0.1, 0.15) is 26.7 Å². The minimum atomic E-state index is -3.42. The van der Waals surface area contributed by atoms with Crippen LogP contribution in [0.4, 0.5) is 0 Å². The number of thiophene rings is 1. The Bertz CT molecular complexity index is 545. The summed E-state index contributed by atoms with van der Waals surface area (Å²) in [6.07, 6.45) is 2.27. The van der Waals surface area contributed by atoms with Gasteiger partial charge in [0.2, 0.25) is 0 Å². The van der Waals surface area contributed by atoms with Gasteiger partial charge in [0.1, 0.15) is 4.21 Å². The zero-order valence-corrected chi connectivity index (χ0v) is 15.5. The van der Waals surface area contributed by atoms with E-state index < -0.39 is 10.0 Å². The number of nitrogens with one attached hydrogen (secondary N) is 2. The maximum Gasteiger partial charge on any atom is 0.251 e. The zero-order chi connectivity index (χ0) is 14.1. The molecule has 1 aliphatic heterocycles. The molecule has 1 aliphatic rings. The maximum atomic E-state index is 12.2. The van der Waals surface area contributed by atoms with Gasteiger partial charge in [0, 0.05) is 17.1 Å². The monoisotopic (exact) mass is 402 g/mol. The summed E-state index contributed by atoms with van der Waals surface area (Å²) in [5, 5.41) is 5.17. The van der Waals surface area contributed by atoms with Gasteiger partial charge in [-0.2, -0.15) is 0 Å². The Hall–Kier alpha value is 0.340. The summed E-state index contributed by atoms with van der Waals surface area (Å²) in [6.45, 7) is 5.75. The second-order valence-corrected chi connectivity index (χ2v) is 9.24. The molecule has 1 saturated heterocycles. The smallest absolute Gasteiger partial charge is 0.251 e. The summed E-state index contributed by atoms with van der Waals surface area (Å²) < 4.78 is 28.1. The molecular weight excluding hydrogens is 384 g/mol. The summed E-state index contributed by atoms with van der Waals surface area (Å²) in [5.41, 5.74) is 0.119. The summed E-state index contributed by atoms with van der Waals surface area (Å²) in [4.78, 5) is 0. The highest BCUT2D eigenvalue weighted by Gasteiger charge is 2.33.